The molecule has 2 rings (SSSR count). The van der Waals surface area contributed by atoms with Gasteiger partial charge >= 0.3 is 11.9 Å². The topological polar surface area (TPSA) is 100 Å². The van der Waals surface area contributed by atoms with E-state index in [-0.39, 0.29) is 6.54 Å². The van der Waals surface area contributed by atoms with E-state index in [9.17, 15) is 14.4 Å². The van der Waals surface area contributed by atoms with Crippen LogP contribution < -0.4 is 5.32 Å². The highest BCUT2D eigenvalue weighted by Gasteiger charge is 2.51. The number of urea groups is 1. The standard InChI is InChI=1S/C17H24N4O5/c1-5-11-9-19-15-13(14(11)26-6-2)16(23)21(17(24)20(15)3)10-12(22)18-7-8-25-4/h9,13H,5-8,10H2,1-4H3/p+1. The first-order chi connectivity index (χ1) is 12.5. The molecule has 0 aromatic rings. The van der Waals surface area contributed by atoms with Gasteiger partial charge in [-0.2, -0.15) is 9.48 Å². The van der Waals surface area contributed by atoms with Gasteiger partial charge in [0.1, 0.15) is 12.0 Å². The molecule has 0 aliphatic carbocycles. The van der Waals surface area contributed by atoms with E-state index >= 15 is 0 Å². The van der Waals surface area contributed by atoms with Crippen LogP contribution in [0.25, 0.3) is 0 Å². The van der Waals surface area contributed by atoms with Gasteiger partial charge in [0.25, 0.3) is 11.7 Å². The average Bonchev–Trinajstić information content (AvgIpc) is 2.63. The fourth-order valence-electron chi connectivity index (χ4n) is 2.85. The number of allylic oxidation sites excluding steroid dienone is 1. The van der Waals surface area contributed by atoms with E-state index in [1.807, 2.05) is 13.8 Å². The number of aliphatic imine (C=N–C) groups is 1. The number of amides is 4. The van der Waals surface area contributed by atoms with Crippen LogP contribution in [0.4, 0.5) is 4.79 Å². The second-order valence-electron chi connectivity index (χ2n) is 5.83. The predicted molar refractivity (Wildman–Crippen MR) is 94.1 cm³/mol. The summed E-state index contributed by atoms with van der Waals surface area (Å²) >= 11 is 0. The maximum Gasteiger partial charge on any atom is 0.446 e. The van der Waals surface area contributed by atoms with Crippen molar-refractivity contribution in [3.63, 3.8) is 0 Å². The molecule has 142 valence electrons. The lowest BCUT2D eigenvalue weighted by molar-refractivity contribution is -0.408. The molecule has 0 fully saturated rings. The maximum atomic E-state index is 13.0. The highest BCUT2D eigenvalue weighted by atomic mass is 16.5. The van der Waals surface area contributed by atoms with Crippen LogP contribution in [0.1, 0.15) is 20.3 Å². The summed E-state index contributed by atoms with van der Waals surface area (Å²) in [6.45, 7) is 4.44. The lowest BCUT2D eigenvalue weighted by atomic mass is 9.94. The molecular weight excluding hydrogens is 340 g/mol. The molecule has 1 unspecified atom stereocenters. The molecule has 2 aliphatic heterocycles. The van der Waals surface area contributed by atoms with Gasteiger partial charge in [-0.05, 0) is 13.3 Å². The Kier molecular flexibility index (Phi) is 6.62. The maximum absolute atomic E-state index is 13.0. The summed E-state index contributed by atoms with van der Waals surface area (Å²) in [5.74, 6) is -0.941. The first-order valence-electron chi connectivity index (χ1n) is 8.57. The Morgan fingerprint density at radius 2 is 2.12 bits per heavy atom. The molecule has 9 heteroatoms. The number of carbonyl (C=O) groups excluding carboxylic acids is 3. The quantitative estimate of drug-likeness (QED) is 0.488. The smallest absolute Gasteiger partial charge is 0.446 e. The summed E-state index contributed by atoms with van der Waals surface area (Å²) < 4.78 is 11.9. The Labute approximate surface area is 152 Å². The van der Waals surface area contributed by atoms with Gasteiger partial charge in [-0.15, -0.1) is 4.99 Å². The molecule has 0 aromatic carbocycles. The number of ether oxygens (including phenoxy) is 2. The second kappa shape index (κ2) is 8.70. The van der Waals surface area contributed by atoms with Crippen molar-refractivity contribution in [2.75, 3.05) is 40.5 Å². The number of hydrogen-bond acceptors (Lipinski definition) is 6. The first kappa shape index (κ1) is 19.8. The minimum Gasteiger partial charge on any atom is -0.496 e. The van der Waals surface area contributed by atoms with E-state index in [1.165, 1.54) is 18.7 Å². The van der Waals surface area contributed by atoms with Crippen molar-refractivity contribution in [3.8, 4) is 0 Å². The normalized spacial score (nSPS) is 19.8. The van der Waals surface area contributed by atoms with Gasteiger partial charge in [-0.3, -0.25) is 9.59 Å². The molecule has 26 heavy (non-hydrogen) atoms. The number of rotatable bonds is 8. The molecule has 0 saturated heterocycles. The number of nitrogens with zero attached hydrogens (tertiary/aromatic N) is 3. The van der Waals surface area contributed by atoms with Crippen molar-refractivity contribution in [1.29, 1.82) is 0 Å². The largest absolute Gasteiger partial charge is 0.496 e. The van der Waals surface area contributed by atoms with Gasteiger partial charge < -0.3 is 14.8 Å². The van der Waals surface area contributed by atoms with Crippen molar-refractivity contribution in [1.82, 2.24) is 10.2 Å². The van der Waals surface area contributed by atoms with Gasteiger partial charge in [-0.25, -0.2) is 4.79 Å². The SMILES string of the molecule is CCOC1=C(CC)C=NC2=[N+](C)C(=O)N(CC(=O)NCCOC)C(=O)C12. The molecule has 2 heterocycles. The number of carbonyl (C=O) groups is 3. The Morgan fingerprint density at radius 1 is 1.38 bits per heavy atom. The van der Waals surface area contributed by atoms with E-state index in [1.54, 1.807) is 6.21 Å². The van der Waals surface area contributed by atoms with Crippen LogP contribution in [0.2, 0.25) is 0 Å². The summed E-state index contributed by atoms with van der Waals surface area (Å²) in [4.78, 5) is 42.8. The lowest BCUT2D eigenvalue weighted by Crippen LogP contribution is -2.57. The number of dihydropyridines is 1. The minimum absolute atomic E-state index is 0.302. The molecule has 0 aromatic heterocycles. The second-order valence-corrected chi connectivity index (χ2v) is 5.83. The molecule has 9 nitrogen and oxygen atoms in total. The van der Waals surface area contributed by atoms with E-state index in [0.29, 0.717) is 37.8 Å². The van der Waals surface area contributed by atoms with E-state index in [4.69, 9.17) is 9.47 Å². The monoisotopic (exact) mass is 365 g/mol. The van der Waals surface area contributed by atoms with Crippen molar-refractivity contribution in [2.45, 2.75) is 20.3 Å². The molecule has 0 radical (unpaired) electrons. The number of amidine groups is 1. The highest BCUT2D eigenvalue weighted by Crippen LogP contribution is 2.29. The number of nitrogens with one attached hydrogen (secondary N) is 1. The van der Waals surface area contributed by atoms with E-state index in [0.717, 1.165) is 10.5 Å². The fraction of sp³-hybridized carbons (Fsp3) is 0.588. The zero-order valence-corrected chi connectivity index (χ0v) is 15.6. The predicted octanol–water partition coefficient (Wildman–Crippen LogP) is 0.153. The van der Waals surface area contributed by atoms with Crippen molar-refractivity contribution in [3.05, 3.63) is 11.3 Å². The van der Waals surface area contributed by atoms with Crippen LogP contribution in [-0.4, -0.2) is 79.8 Å². The molecule has 0 spiro atoms. The summed E-state index contributed by atoms with van der Waals surface area (Å²) in [6, 6.07) is -0.587. The third-order valence-corrected chi connectivity index (χ3v) is 4.17. The first-order valence-corrected chi connectivity index (χ1v) is 8.57. The van der Waals surface area contributed by atoms with E-state index in [2.05, 4.69) is 10.3 Å². The van der Waals surface area contributed by atoms with Gasteiger partial charge in [0.15, 0.2) is 12.5 Å². The molecule has 0 bridgehead atoms. The molecule has 4 amide bonds. The third kappa shape index (κ3) is 3.82. The Hall–Kier alpha value is -2.55. The number of imide groups is 1. The van der Waals surface area contributed by atoms with Crippen LogP contribution in [0.3, 0.4) is 0 Å². The van der Waals surface area contributed by atoms with Gasteiger partial charge in [0.05, 0.1) is 20.3 Å². The molecule has 0 saturated carbocycles. The van der Waals surface area contributed by atoms with Crippen LogP contribution in [0.5, 0.6) is 0 Å². The molecule has 1 atom stereocenters. The number of hydrogen-bond donors (Lipinski definition) is 1. The van der Waals surface area contributed by atoms with Gasteiger partial charge in [0, 0.05) is 19.2 Å². The number of fused-ring (bicyclic) bond motifs is 1. The van der Waals surface area contributed by atoms with Gasteiger partial charge in [-0.1, -0.05) is 6.92 Å². The minimum atomic E-state index is -0.815. The Morgan fingerprint density at radius 3 is 2.73 bits per heavy atom. The average molecular weight is 365 g/mol. The van der Waals surface area contributed by atoms with Crippen LogP contribution in [-0.2, 0) is 19.1 Å². The fourth-order valence-corrected chi connectivity index (χ4v) is 2.85. The number of methoxy groups -OCH3 is 1. The zero-order chi connectivity index (χ0) is 19.3. The summed E-state index contributed by atoms with van der Waals surface area (Å²) in [6.07, 6.45) is 2.27. The van der Waals surface area contributed by atoms with Gasteiger partial charge in [0.2, 0.25) is 0 Å². The molecule has 2 aliphatic rings. The zero-order valence-electron chi connectivity index (χ0n) is 15.6. The molecule has 1 N–H and O–H groups in total. The summed E-state index contributed by atoms with van der Waals surface area (Å²) in [5, 5.41) is 2.61. The Bertz CT molecular complexity index is 695. The van der Waals surface area contributed by atoms with Crippen molar-refractivity contribution < 1.29 is 28.4 Å². The van der Waals surface area contributed by atoms with E-state index < -0.39 is 23.8 Å². The van der Waals surface area contributed by atoms with Crippen molar-refractivity contribution in [2.24, 2.45) is 10.9 Å². The molecular formula is C17H25N4O5+. The van der Waals surface area contributed by atoms with Crippen molar-refractivity contribution >= 4 is 29.9 Å². The highest BCUT2D eigenvalue weighted by molar-refractivity contribution is 6.16. The summed E-state index contributed by atoms with van der Waals surface area (Å²) in [5.41, 5.74) is 0.807. The third-order valence-electron chi connectivity index (χ3n) is 4.17. The van der Waals surface area contributed by atoms with Crippen LogP contribution in [0, 0.1) is 5.92 Å². The van der Waals surface area contributed by atoms with Crippen LogP contribution >= 0.6 is 0 Å². The lowest BCUT2D eigenvalue weighted by Gasteiger charge is -2.29. The van der Waals surface area contributed by atoms with Crippen LogP contribution in [0.15, 0.2) is 16.3 Å². The summed E-state index contributed by atoms with van der Waals surface area (Å²) in [7, 11) is 3.05. The Balaban J connectivity index is 2.31.